The molecule has 14 heavy (non-hydrogen) atoms. The average molecular weight is 219 g/mol. The molecular weight excluding hydrogens is 194 g/mol. The molecule has 2 nitrogen and oxygen atoms in total. The monoisotopic (exact) mass is 219 g/mol. The largest absolute Gasteiger partial charge is 0.379 e. The second-order valence-electron chi connectivity index (χ2n) is 4.86. The Morgan fingerprint density at radius 1 is 1.29 bits per heavy atom. The molecule has 1 atom stereocenters. The Morgan fingerprint density at radius 3 is 2.29 bits per heavy atom. The fourth-order valence-corrected chi connectivity index (χ4v) is 1.36. The van der Waals surface area contributed by atoms with Gasteiger partial charge in [0.2, 0.25) is 0 Å². The van der Waals surface area contributed by atoms with Crippen LogP contribution >= 0.6 is 12.6 Å². The van der Waals surface area contributed by atoms with Gasteiger partial charge in [-0.25, -0.2) is 0 Å². The van der Waals surface area contributed by atoms with E-state index in [1.54, 1.807) is 0 Å². The molecule has 1 unspecified atom stereocenters. The highest BCUT2D eigenvalue weighted by Gasteiger charge is 2.23. The molecule has 0 aromatic heterocycles. The summed E-state index contributed by atoms with van der Waals surface area (Å²) in [5.41, 5.74) is 0.332. The number of hydrogen-bond acceptors (Lipinski definition) is 3. The summed E-state index contributed by atoms with van der Waals surface area (Å²) in [5.74, 6) is 0.804. The highest BCUT2D eigenvalue weighted by molar-refractivity contribution is 7.80. The number of thiol groups is 1. The van der Waals surface area contributed by atoms with Crippen molar-refractivity contribution in [2.24, 2.45) is 5.41 Å². The Hall–Kier alpha value is 0.270. The Bertz CT molecular complexity index is 145. The standard InChI is InChI=1S/C11H25NOS/c1-10(11(2,3)4)12(5)6-7-13-8-9-14/h10,14H,6-9H2,1-5H3. The molecule has 0 N–H and O–H groups in total. The Kier molecular flexibility index (Phi) is 6.83. The summed E-state index contributed by atoms with van der Waals surface area (Å²) in [6.07, 6.45) is 0. The summed E-state index contributed by atoms with van der Waals surface area (Å²) in [6, 6.07) is 0.571. The molecule has 0 saturated carbocycles. The molecule has 0 aliphatic rings. The van der Waals surface area contributed by atoms with Crippen molar-refractivity contribution in [3.63, 3.8) is 0 Å². The minimum atomic E-state index is 0.332. The molecule has 0 radical (unpaired) electrons. The van der Waals surface area contributed by atoms with Crippen LogP contribution in [-0.2, 0) is 4.74 Å². The lowest BCUT2D eigenvalue weighted by Crippen LogP contribution is -2.40. The van der Waals surface area contributed by atoms with Gasteiger partial charge in [0, 0.05) is 18.3 Å². The van der Waals surface area contributed by atoms with Crippen molar-refractivity contribution in [2.75, 3.05) is 32.6 Å². The van der Waals surface area contributed by atoms with Gasteiger partial charge in [-0.2, -0.15) is 12.6 Å². The van der Waals surface area contributed by atoms with Crippen molar-refractivity contribution in [1.82, 2.24) is 4.90 Å². The molecule has 0 rings (SSSR count). The maximum Gasteiger partial charge on any atom is 0.0593 e. The van der Waals surface area contributed by atoms with Gasteiger partial charge in [0.15, 0.2) is 0 Å². The smallest absolute Gasteiger partial charge is 0.0593 e. The summed E-state index contributed by atoms with van der Waals surface area (Å²) in [4.78, 5) is 2.35. The van der Waals surface area contributed by atoms with E-state index in [0.717, 1.165) is 25.5 Å². The highest BCUT2D eigenvalue weighted by atomic mass is 32.1. The maximum absolute atomic E-state index is 5.40. The van der Waals surface area contributed by atoms with Crippen LogP contribution in [0.5, 0.6) is 0 Å². The minimum absolute atomic E-state index is 0.332. The molecule has 0 aliphatic heterocycles. The van der Waals surface area contributed by atoms with Gasteiger partial charge >= 0.3 is 0 Å². The van der Waals surface area contributed by atoms with Crippen LogP contribution in [-0.4, -0.2) is 43.5 Å². The molecular formula is C11H25NOS. The van der Waals surface area contributed by atoms with E-state index in [0.29, 0.717) is 11.5 Å². The van der Waals surface area contributed by atoms with E-state index in [1.165, 1.54) is 0 Å². The van der Waals surface area contributed by atoms with Crippen molar-refractivity contribution < 1.29 is 4.74 Å². The first-order valence-electron chi connectivity index (χ1n) is 5.28. The van der Waals surface area contributed by atoms with Gasteiger partial charge in [0.1, 0.15) is 0 Å². The van der Waals surface area contributed by atoms with Gasteiger partial charge in [-0.05, 0) is 19.4 Å². The van der Waals surface area contributed by atoms with Crippen molar-refractivity contribution >= 4 is 12.6 Å². The van der Waals surface area contributed by atoms with Crippen LogP contribution in [0.1, 0.15) is 27.7 Å². The summed E-state index contributed by atoms with van der Waals surface area (Å²) in [6.45, 7) is 11.6. The molecule has 86 valence electrons. The number of nitrogens with zero attached hydrogens (tertiary/aromatic N) is 1. The Morgan fingerprint density at radius 2 is 1.86 bits per heavy atom. The quantitative estimate of drug-likeness (QED) is 0.543. The molecule has 0 aromatic carbocycles. The van der Waals surface area contributed by atoms with Crippen LogP contribution in [0.2, 0.25) is 0 Å². The molecule has 0 aromatic rings. The van der Waals surface area contributed by atoms with Crippen molar-refractivity contribution in [3.05, 3.63) is 0 Å². The van der Waals surface area contributed by atoms with E-state index < -0.39 is 0 Å². The van der Waals surface area contributed by atoms with Crippen LogP contribution in [0.4, 0.5) is 0 Å². The number of rotatable bonds is 6. The van der Waals surface area contributed by atoms with Gasteiger partial charge in [-0.15, -0.1) is 0 Å². The first-order valence-corrected chi connectivity index (χ1v) is 5.91. The fourth-order valence-electron chi connectivity index (χ4n) is 1.23. The predicted molar refractivity (Wildman–Crippen MR) is 66.2 cm³/mol. The van der Waals surface area contributed by atoms with E-state index in [-0.39, 0.29) is 0 Å². The van der Waals surface area contributed by atoms with Crippen LogP contribution in [0.3, 0.4) is 0 Å². The zero-order valence-corrected chi connectivity index (χ0v) is 11.1. The van der Waals surface area contributed by atoms with Crippen molar-refractivity contribution in [3.8, 4) is 0 Å². The summed E-state index contributed by atoms with van der Waals surface area (Å²) in [7, 11) is 2.15. The van der Waals surface area contributed by atoms with Crippen molar-refractivity contribution in [2.45, 2.75) is 33.7 Å². The van der Waals surface area contributed by atoms with Crippen molar-refractivity contribution in [1.29, 1.82) is 0 Å². The Labute approximate surface area is 94.4 Å². The van der Waals surface area contributed by atoms with Gasteiger partial charge in [-0.3, -0.25) is 0 Å². The van der Waals surface area contributed by atoms with E-state index >= 15 is 0 Å². The van der Waals surface area contributed by atoms with Gasteiger partial charge in [0.05, 0.1) is 13.2 Å². The first kappa shape index (κ1) is 14.3. The fraction of sp³-hybridized carbons (Fsp3) is 1.00. The Balaban J connectivity index is 3.68. The molecule has 0 spiro atoms. The van der Waals surface area contributed by atoms with E-state index in [4.69, 9.17) is 4.74 Å². The average Bonchev–Trinajstić information content (AvgIpc) is 2.09. The van der Waals surface area contributed by atoms with E-state index in [1.807, 2.05) is 0 Å². The van der Waals surface area contributed by atoms with Crippen LogP contribution in [0.15, 0.2) is 0 Å². The predicted octanol–water partition coefficient (Wildman–Crippen LogP) is 2.30. The van der Waals surface area contributed by atoms with Gasteiger partial charge in [-0.1, -0.05) is 20.8 Å². The zero-order chi connectivity index (χ0) is 11.2. The summed E-state index contributed by atoms with van der Waals surface area (Å²) >= 11 is 4.09. The molecule has 0 amide bonds. The lowest BCUT2D eigenvalue weighted by molar-refractivity contribution is 0.0816. The summed E-state index contributed by atoms with van der Waals surface area (Å²) < 4.78 is 5.40. The lowest BCUT2D eigenvalue weighted by atomic mass is 9.87. The third-order valence-electron chi connectivity index (χ3n) is 2.74. The third-order valence-corrected chi connectivity index (χ3v) is 2.92. The van der Waals surface area contributed by atoms with Crippen LogP contribution < -0.4 is 0 Å². The zero-order valence-electron chi connectivity index (χ0n) is 10.2. The molecule has 0 saturated heterocycles. The lowest BCUT2D eigenvalue weighted by Gasteiger charge is -2.35. The van der Waals surface area contributed by atoms with E-state index in [2.05, 4.69) is 52.3 Å². The van der Waals surface area contributed by atoms with E-state index in [9.17, 15) is 0 Å². The first-order chi connectivity index (χ1) is 6.39. The van der Waals surface area contributed by atoms with Gasteiger partial charge < -0.3 is 9.64 Å². The second kappa shape index (κ2) is 6.70. The molecule has 0 fully saturated rings. The second-order valence-corrected chi connectivity index (χ2v) is 5.31. The highest BCUT2D eigenvalue weighted by Crippen LogP contribution is 2.22. The SMILES string of the molecule is CC(N(C)CCOCCS)C(C)(C)C. The molecule has 0 aliphatic carbocycles. The minimum Gasteiger partial charge on any atom is -0.379 e. The van der Waals surface area contributed by atoms with Crippen LogP contribution in [0, 0.1) is 5.41 Å². The molecule has 0 bridgehead atoms. The maximum atomic E-state index is 5.40. The number of likely N-dealkylation sites (N-methyl/N-ethyl adjacent to an activating group) is 1. The summed E-state index contributed by atoms with van der Waals surface area (Å²) in [5, 5.41) is 0. The topological polar surface area (TPSA) is 12.5 Å². The van der Waals surface area contributed by atoms with Crippen LogP contribution in [0.25, 0.3) is 0 Å². The molecule has 3 heteroatoms. The number of hydrogen-bond donors (Lipinski definition) is 1. The normalized spacial score (nSPS) is 14.8. The number of ether oxygens (including phenoxy) is 1. The third kappa shape index (κ3) is 5.89. The molecule has 0 heterocycles. The van der Waals surface area contributed by atoms with Gasteiger partial charge in [0.25, 0.3) is 0 Å².